The van der Waals surface area contributed by atoms with Crippen LogP contribution in [0.25, 0.3) is 22.7 Å². The average molecular weight is 397 g/mol. The highest BCUT2D eigenvalue weighted by atomic mass is 19.4. The number of aromatic amines is 1. The summed E-state index contributed by atoms with van der Waals surface area (Å²) in [5.41, 5.74) is 1.33. The summed E-state index contributed by atoms with van der Waals surface area (Å²) in [6, 6.07) is 16.6. The van der Waals surface area contributed by atoms with Crippen molar-refractivity contribution in [1.82, 2.24) is 10.2 Å². The molecule has 0 saturated carbocycles. The van der Waals surface area contributed by atoms with Crippen molar-refractivity contribution in [2.24, 2.45) is 0 Å². The summed E-state index contributed by atoms with van der Waals surface area (Å²) in [6.45, 7) is 0. The third-order valence-corrected chi connectivity index (χ3v) is 4.29. The summed E-state index contributed by atoms with van der Waals surface area (Å²) < 4.78 is 43.7. The monoisotopic (exact) mass is 397 g/mol. The highest BCUT2D eigenvalue weighted by Crippen LogP contribution is 2.35. The van der Waals surface area contributed by atoms with Gasteiger partial charge in [-0.25, -0.2) is 0 Å². The van der Waals surface area contributed by atoms with Gasteiger partial charge in [-0.1, -0.05) is 30.3 Å². The number of carbonyl (C=O) groups is 1. The van der Waals surface area contributed by atoms with Crippen LogP contribution in [0.5, 0.6) is 0 Å². The molecule has 4 aromatic rings. The largest absolute Gasteiger partial charge is 0.463 e. The lowest BCUT2D eigenvalue weighted by atomic mass is 10.1. The highest BCUT2D eigenvalue weighted by Gasteiger charge is 2.30. The Balaban J connectivity index is 1.70. The summed E-state index contributed by atoms with van der Waals surface area (Å²) >= 11 is 0. The lowest BCUT2D eigenvalue weighted by Crippen LogP contribution is -2.13. The Morgan fingerprint density at radius 3 is 2.31 bits per heavy atom. The number of nitrogens with zero attached hydrogens (tertiary/aromatic N) is 1. The molecular weight excluding hydrogens is 383 g/mol. The Bertz CT molecular complexity index is 1120. The first-order valence-corrected chi connectivity index (χ1v) is 8.60. The van der Waals surface area contributed by atoms with E-state index < -0.39 is 17.6 Å². The number of rotatable bonds is 4. The van der Waals surface area contributed by atoms with E-state index in [4.69, 9.17) is 4.42 Å². The second kappa shape index (κ2) is 7.31. The smallest absolute Gasteiger partial charge is 0.416 e. The van der Waals surface area contributed by atoms with Crippen molar-refractivity contribution in [2.45, 2.75) is 6.18 Å². The zero-order valence-electron chi connectivity index (χ0n) is 14.8. The summed E-state index contributed by atoms with van der Waals surface area (Å²) in [7, 11) is 0. The molecule has 0 spiro atoms. The lowest BCUT2D eigenvalue weighted by Gasteiger charge is -2.10. The minimum atomic E-state index is -4.47. The van der Waals surface area contributed by atoms with E-state index in [9.17, 15) is 18.0 Å². The van der Waals surface area contributed by atoms with Gasteiger partial charge in [-0.05, 0) is 36.4 Å². The van der Waals surface area contributed by atoms with Gasteiger partial charge < -0.3 is 9.73 Å². The number of hydrogen-bond acceptors (Lipinski definition) is 3. The van der Waals surface area contributed by atoms with Crippen molar-refractivity contribution in [2.75, 3.05) is 5.32 Å². The second-order valence-corrected chi connectivity index (χ2v) is 6.19. The molecule has 2 heterocycles. The van der Waals surface area contributed by atoms with Crippen LogP contribution < -0.4 is 5.32 Å². The van der Waals surface area contributed by atoms with E-state index in [2.05, 4.69) is 15.5 Å². The normalized spacial score (nSPS) is 11.4. The van der Waals surface area contributed by atoms with Gasteiger partial charge in [-0.3, -0.25) is 9.89 Å². The molecule has 2 aromatic heterocycles. The van der Waals surface area contributed by atoms with Gasteiger partial charge in [0, 0.05) is 11.1 Å². The lowest BCUT2D eigenvalue weighted by molar-refractivity contribution is -0.137. The maximum Gasteiger partial charge on any atom is 0.416 e. The Morgan fingerprint density at radius 2 is 1.69 bits per heavy atom. The van der Waals surface area contributed by atoms with Crippen LogP contribution in [-0.2, 0) is 6.18 Å². The maximum atomic E-state index is 12.8. The number of amides is 1. The fraction of sp³-hybridized carbons (Fsp3) is 0.0476. The van der Waals surface area contributed by atoms with Crippen molar-refractivity contribution in [3.8, 4) is 22.7 Å². The van der Waals surface area contributed by atoms with Crippen LogP contribution in [-0.4, -0.2) is 16.1 Å². The number of aromatic nitrogens is 2. The standard InChI is InChI=1S/C21H14F3N3O2/c22-21(23,24)15-10-8-14(9-11-15)20(28)25-19-17(13-5-2-1-3-6-13)26-27-18(19)16-7-4-12-29-16/h1-12H,(H,25,28)(H,26,27). The number of anilines is 1. The SMILES string of the molecule is O=C(Nc1c(-c2ccccc2)n[nH]c1-c1ccco1)c1ccc(C(F)(F)F)cc1. The molecule has 2 N–H and O–H groups in total. The predicted molar refractivity (Wildman–Crippen MR) is 101 cm³/mol. The van der Waals surface area contributed by atoms with E-state index in [-0.39, 0.29) is 5.56 Å². The van der Waals surface area contributed by atoms with Crippen molar-refractivity contribution < 1.29 is 22.4 Å². The number of hydrogen-bond donors (Lipinski definition) is 2. The van der Waals surface area contributed by atoms with Crippen molar-refractivity contribution in [3.63, 3.8) is 0 Å². The third kappa shape index (κ3) is 3.77. The van der Waals surface area contributed by atoms with Crippen LogP contribution in [0.1, 0.15) is 15.9 Å². The maximum absolute atomic E-state index is 12.8. The summed E-state index contributed by atoms with van der Waals surface area (Å²) in [4.78, 5) is 12.7. The van der Waals surface area contributed by atoms with E-state index >= 15 is 0 Å². The molecule has 29 heavy (non-hydrogen) atoms. The molecule has 0 saturated heterocycles. The van der Waals surface area contributed by atoms with E-state index in [0.717, 1.165) is 29.8 Å². The summed E-state index contributed by atoms with van der Waals surface area (Å²) in [6.07, 6.45) is -2.98. The van der Waals surface area contributed by atoms with Crippen molar-refractivity contribution in [3.05, 3.63) is 84.1 Å². The first kappa shape index (κ1) is 18.5. The average Bonchev–Trinajstić information content (AvgIpc) is 3.38. The Morgan fingerprint density at radius 1 is 0.966 bits per heavy atom. The van der Waals surface area contributed by atoms with Crippen LogP contribution in [0.3, 0.4) is 0 Å². The fourth-order valence-corrected chi connectivity index (χ4v) is 2.86. The van der Waals surface area contributed by atoms with Gasteiger partial charge in [-0.2, -0.15) is 18.3 Å². The molecule has 4 rings (SSSR count). The van der Waals surface area contributed by atoms with Gasteiger partial charge in [0.2, 0.25) is 0 Å². The molecular formula is C21H14F3N3O2. The molecule has 0 atom stereocenters. The highest BCUT2D eigenvalue weighted by molar-refractivity contribution is 6.08. The molecule has 5 nitrogen and oxygen atoms in total. The first-order valence-electron chi connectivity index (χ1n) is 8.60. The summed E-state index contributed by atoms with van der Waals surface area (Å²) in [5.74, 6) is -0.104. The minimum absolute atomic E-state index is 0.0867. The molecule has 0 bridgehead atoms. The molecule has 2 aromatic carbocycles. The van der Waals surface area contributed by atoms with Gasteiger partial charge in [-0.15, -0.1) is 0 Å². The van der Waals surface area contributed by atoms with Gasteiger partial charge in [0.25, 0.3) is 5.91 Å². The topological polar surface area (TPSA) is 70.9 Å². The third-order valence-electron chi connectivity index (χ3n) is 4.29. The van der Waals surface area contributed by atoms with Crippen LogP contribution >= 0.6 is 0 Å². The van der Waals surface area contributed by atoms with Crippen LogP contribution in [0.4, 0.5) is 18.9 Å². The van der Waals surface area contributed by atoms with E-state index in [1.54, 1.807) is 12.1 Å². The van der Waals surface area contributed by atoms with Gasteiger partial charge in [0.1, 0.15) is 11.4 Å². The van der Waals surface area contributed by atoms with Crippen LogP contribution in [0.2, 0.25) is 0 Å². The van der Waals surface area contributed by atoms with Gasteiger partial charge in [0.15, 0.2) is 5.76 Å². The van der Waals surface area contributed by atoms with Crippen LogP contribution in [0.15, 0.2) is 77.4 Å². The Hall–Kier alpha value is -3.81. The van der Waals surface area contributed by atoms with Crippen LogP contribution in [0, 0.1) is 0 Å². The molecule has 0 radical (unpaired) electrons. The molecule has 0 fully saturated rings. The minimum Gasteiger partial charge on any atom is -0.463 e. The number of nitrogens with one attached hydrogen (secondary N) is 2. The number of alkyl halides is 3. The number of H-pyrrole nitrogens is 1. The first-order chi connectivity index (χ1) is 13.9. The predicted octanol–water partition coefficient (Wildman–Crippen LogP) is 5.61. The van der Waals surface area contributed by atoms with E-state index in [1.807, 2.05) is 30.3 Å². The molecule has 0 unspecified atom stereocenters. The Labute approximate surface area is 163 Å². The van der Waals surface area contributed by atoms with Gasteiger partial charge >= 0.3 is 6.18 Å². The molecule has 1 amide bonds. The fourth-order valence-electron chi connectivity index (χ4n) is 2.86. The zero-order valence-corrected chi connectivity index (χ0v) is 14.8. The van der Waals surface area contributed by atoms with E-state index in [0.29, 0.717) is 22.8 Å². The molecule has 146 valence electrons. The number of furan rings is 1. The molecule has 0 aliphatic rings. The zero-order chi connectivity index (χ0) is 20.4. The number of halogens is 3. The van der Waals surface area contributed by atoms with E-state index in [1.165, 1.54) is 6.26 Å². The summed E-state index contributed by atoms with van der Waals surface area (Å²) in [5, 5.41) is 9.89. The molecule has 0 aliphatic heterocycles. The Kier molecular flexibility index (Phi) is 4.67. The van der Waals surface area contributed by atoms with Crippen molar-refractivity contribution in [1.29, 1.82) is 0 Å². The molecule has 0 aliphatic carbocycles. The van der Waals surface area contributed by atoms with Crippen molar-refractivity contribution >= 4 is 11.6 Å². The number of benzene rings is 2. The molecule has 8 heteroatoms. The second-order valence-electron chi connectivity index (χ2n) is 6.19. The van der Waals surface area contributed by atoms with Gasteiger partial charge in [0.05, 0.1) is 17.5 Å². The quantitative estimate of drug-likeness (QED) is 0.470. The number of carbonyl (C=O) groups excluding carboxylic acids is 1.